The fourth-order valence-corrected chi connectivity index (χ4v) is 6.43. The van der Waals surface area contributed by atoms with Crippen LogP contribution in [0.15, 0.2) is 0 Å². The molecule has 0 aromatic carbocycles. The zero-order valence-electron chi connectivity index (χ0n) is 11.9. The summed E-state index contributed by atoms with van der Waals surface area (Å²) in [5.74, 6) is -0.0150. The summed E-state index contributed by atoms with van der Waals surface area (Å²) in [6.45, 7) is 1.42. The standard InChI is InChI=1S/C12H24N2O4S2/c1-14(10-11-4-2-3-7-13-11)20(17,18)12-5-8-19(15,16)9-6-12/h11-13H,2-10H2,1H3. The van der Waals surface area contributed by atoms with Crippen LogP contribution in [0.1, 0.15) is 32.1 Å². The normalized spacial score (nSPS) is 28.6. The van der Waals surface area contributed by atoms with Gasteiger partial charge >= 0.3 is 0 Å². The van der Waals surface area contributed by atoms with Crippen molar-refractivity contribution in [3.05, 3.63) is 0 Å². The number of rotatable bonds is 4. The molecule has 0 radical (unpaired) electrons. The summed E-state index contributed by atoms with van der Waals surface area (Å²) in [6.07, 6.45) is 3.74. The van der Waals surface area contributed by atoms with Crippen LogP contribution in [0.4, 0.5) is 0 Å². The number of likely N-dealkylation sites (N-methyl/N-ethyl adjacent to an activating group) is 1. The van der Waals surface area contributed by atoms with E-state index in [4.69, 9.17) is 0 Å². The summed E-state index contributed by atoms with van der Waals surface area (Å²) in [7, 11) is -4.80. The molecule has 2 aliphatic heterocycles. The van der Waals surface area contributed by atoms with Crippen molar-refractivity contribution in [2.45, 2.75) is 43.4 Å². The van der Waals surface area contributed by atoms with Crippen LogP contribution in [-0.2, 0) is 19.9 Å². The van der Waals surface area contributed by atoms with Crippen LogP contribution in [0, 0.1) is 0 Å². The van der Waals surface area contributed by atoms with Gasteiger partial charge in [0.15, 0.2) is 0 Å². The largest absolute Gasteiger partial charge is 0.313 e. The van der Waals surface area contributed by atoms with E-state index in [1.807, 2.05) is 0 Å². The lowest BCUT2D eigenvalue weighted by Crippen LogP contribution is -2.47. The van der Waals surface area contributed by atoms with E-state index in [0.29, 0.717) is 6.54 Å². The first-order valence-electron chi connectivity index (χ1n) is 7.20. The lowest BCUT2D eigenvalue weighted by Gasteiger charge is -2.31. The molecule has 1 N–H and O–H groups in total. The van der Waals surface area contributed by atoms with Gasteiger partial charge in [0.2, 0.25) is 10.0 Å². The molecule has 20 heavy (non-hydrogen) atoms. The summed E-state index contributed by atoms with van der Waals surface area (Å²) in [5, 5.41) is 2.79. The van der Waals surface area contributed by atoms with Gasteiger partial charge in [0.05, 0.1) is 16.8 Å². The number of nitrogens with zero attached hydrogens (tertiary/aromatic N) is 1. The van der Waals surface area contributed by atoms with E-state index < -0.39 is 25.1 Å². The Morgan fingerprint density at radius 2 is 1.80 bits per heavy atom. The van der Waals surface area contributed by atoms with Crippen LogP contribution in [0.2, 0.25) is 0 Å². The quantitative estimate of drug-likeness (QED) is 0.785. The summed E-state index contributed by atoms with van der Waals surface area (Å²) in [4.78, 5) is 0. The summed E-state index contributed by atoms with van der Waals surface area (Å²) >= 11 is 0. The van der Waals surface area contributed by atoms with Crippen molar-refractivity contribution in [2.75, 3.05) is 31.6 Å². The highest BCUT2D eigenvalue weighted by molar-refractivity contribution is 7.92. The maximum absolute atomic E-state index is 12.5. The SMILES string of the molecule is CN(CC1CCCCN1)S(=O)(=O)C1CCS(=O)(=O)CC1. The molecule has 0 amide bonds. The van der Waals surface area contributed by atoms with E-state index in [-0.39, 0.29) is 30.4 Å². The predicted molar refractivity (Wildman–Crippen MR) is 78.9 cm³/mol. The molecule has 6 nitrogen and oxygen atoms in total. The second-order valence-electron chi connectivity index (χ2n) is 5.82. The summed E-state index contributed by atoms with van der Waals surface area (Å²) < 4.78 is 49.1. The average molecular weight is 324 g/mol. The molecule has 0 aliphatic carbocycles. The maximum atomic E-state index is 12.5. The molecule has 8 heteroatoms. The van der Waals surface area contributed by atoms with Gasteiger partial charge in [-0.25, -0.2) is 21.1 Å². The van der Waals surface area contributed by atoms with E-state index in [0.717, 1.165) is 25.8 Å². The number of hydrogen-bond acceptors (Lipinski definition) is 5. The Bertz CT molecular complexity index is 510. The zero-order chi connectivity index (χ0) is 14.8. The minimum atomic E-state index is -3.38. The molecule has 0 aromatic rings. The van der Waals surface area contributed by atoms with Gasteiger partial charge in [0.25, 0.3) is 0 Å². The van der Waals surface area contributed by atoms with Gasteiger partial charge < -0.3 is 5.32 Å². The minimum absolute atomic E-state index is 0.00752. The second kappa shape index (κ2) is 6.29. The maximum Gasteiger partial charge on any atom is 0.216 e. The van der Waals surface area contributed by atoms with Gasteiger partial charge in [-0.3, -0.25) is 0 Å². The number of piperidine rings is 1. The van der Waals surface area contributed by atoms with Crippen molar-refractivity contribution in [3.63, 3.8) is 0 Å². The number of sulfone groups is 1. The molecule has 2 saturated heterocycles. The number of nitrogens with one attached hydrogen (secondary N) is 1. The van der Waals surface area contributed by atoms with Crippen LogP contribution in [0.25, 0.3) is 0 Å². The fourth-order valence-electron chi connectivity index (χ4n) is 2.91. The molecule has 118 valence electrons. The van der Waals surface area contributed by atoms with Crippen molar-refractivity contribution in [1.82, 2.24) is 9.62 Å². The van der Waals surface area contributed by atoms with Crippen LogP contribution in [0.5, 0.6) is 0 Å². The molecule has 2 fully saturated rings. The van der Waals surface area contributed by atoms with Crippen LogP contribution in [-0.4, -0.2) is 64.1 Å². The van der Waals surface area contributed by atoms with Crippen LogP contribution >= 0.6 is 0 Å². The van der Waals surface area contributed by atoms with Crippen molar-refractivity contribution >= 4 is 19.9 Å². The Hall–Kier alpha value is -0.180. The van der Waals surface area contributed by atoms with Crippen molar-refractivity contribution in [2.24, 2.45) is 0 Å². The molecular weight excluding hydrogens is 300 g/mol. The first kappa shape index (κ1) is 16.2. The highest BCUT2D eigenvalue weighted by Crippen LogP contribution is 2.22. The Labute approximate surface area is 121 Å². The van der Waals surface area contributed by atoms with Gasteiger partial charge in [-0.2, -0.15) is 0 Å². The smallest absolute Gasteiger partial charge is 0.216 e. The lowest BCUT2D eigenvalue weighted by atomic mass is 10.1. The Morgan fingerprint density at radius 1 is 1.15 bits per heavy atom. The predicted octanol–water partition coefficient (Wildman–Crippen LogP) is -0.0327. The molecule has 2 rings (SSSR count). The topological polar surface area (TPSA) is 83.6 Å². The highest BCUT2D eigenvalue weighted by Gasteiger charge is 2.35. The Balaban J connectivity index is 1.95. The van der Waals surface area contributed by atoms with Gasteiger partial charge in [-0.05, 0) is 32.2 Å². The number of sulfonamides is 1. The van der Waals surface area contributed by atoms with E-state index >= 15 is 0 Å². The Kier molecular flexibility index (Phi) is 5.09. The van der Waals surface area contributed by atoms with Crippen molar-refractivity contribution in [1.29, 1.82) is 0 Å². The highest BCUT2D eigenvalue weighted by atomic mass is 32.2. The van der Waals surface area contributed by atoms with Crippen LogP contribution < -0.4 is 5.32 Å². The molecule has 2 heterocycles. The van der Waals surface area contributed by atoms with Crippen molar-refractivity contribution in [3.8, 4) is 0 Å². The van der Waals surface area contributed by atoms with Gasteiger partial charge in [-0.1, -0.05) is 6.42 Å². The van der Waals surface area contributed by atoms with Crippen LogP contribution in [0.3, 0.4) is 0 Å². The third kappa shape index (κ3) is 3.93. The number of hydrogen-bond donors (Lipinski definition) is 1. The van der Waals surface area contributed by atoms with Crippen molar-refractivity contribution < 1.29 is 16.8 Å². The third-order valence-electron chi connectivity index (χ3n) is 4.25. The summed E-state index contributed by atoms with van der Waals surface area (Å²) in [5.41, 5.74) is 0. The molecule has 0 saturated carbocycles. The average Bonchev–Trinajstić information content (AvgIpc) is 2.39. The molecule has 0 spiro atoms. The van der Waals surface area contributed by atoms with E-state index in [9.17, 15) is 16.8 Å². The monoisotopic (exact) mass is 324 g/mol. The van der Waals surface area contributed by atoms with Gasteiger partial charge in [0, 0.05) is 19.6 Å². The molecular formula is C12H24N2O4S2. The molecule has 2 aliphatic rings. The minimum Gasteiger partial charge on any atom is -0.313 e. The Morgan fingerprint density at radius 3 is 2.35 bits per heavy atom. The molecule has 1 atom stereocenters. The molecule has 0 aromatic heterocycles. The van der Waals surface area contributed by atoms with Gasteiger partial charge in [0.1, 0.15) is 9.84 Å². The second-order valence-corrected chi connectivity index (χ2v) is 10.4. The van der Waals surface area contributed by atoms with Gasteiger partial charge in [-0.15, -0.1) is 0 Å². The van der Waals surface area contributed by atoms with E-state index in [1.165, 1.54) is 4.31 Å². The summed E-state index contributed by atoms with van der Waals surface area (Å²) in [6, 6.07) is 0.218. The first-order chi connectivity index (χ1) is 9.31. The molecule has 0 bridgehead atoms. The van der Waals surface area contributed by atoms with E-state index in [2.05, 4.69) is 5.32 Å². The fraction of sp³-hybridized carbons (Fsp3) is 1.00. The first-order valence-corrected chi connectivity index (χ1v) is 10.5. The lowest BCUT2D eigenvalue weighted by molar-refractivity contribution is 0.334. The third-order valence-corrected chi connectivity index (χ3v) is 8.29. The zero-order valence-corrected chi connectivity index (χ0v) is 13.5. The molecule has 1 unspecified atom stereocenters. The van der Waals surface area contributed by atoms with E-state index in [1.54, 1.807) is 7.05 Å².